The van der Waals surface area contributed by atoms with Crippen LogP contribution >= 0.6 is 7.82 Å². The summed E-state index contributed by atoms with van der Waals surface area (Å²) in [5.74, 6) is 0.177. The smallest absolute Gasteiger partial charge is 0.386 e. The van der Waals surface area contributed by atoms with Gasteiger partial charge in [0.25, 0.3) is 0 Å². The van der Waals surface area contributed by atoms with Crippen molar-refractivity contribution in [3.63, 3.8) is 0 Å². The van der Waals surface area contributed by atoms with Crippen LogP contribution in [-0.2, 0) is 18.6 Å². The summed E-state index contributed by atoms with van der Waals surface area (Å²) < 4.78 is 27.6. The van der Waals surface area contributed by atoms with Crippen LogP contribution in [0.25, 0.3) is 11.2 Å². The zero-order chi connectivity index (χ0) is 17.5. The van der Waals surface area contributed by atoms with E-state index in [1.165, 1.54) is 24.3 Å². The molecule has 1 aliphatic rings. The van der Waals surface area contributed by atoms with Gasteiger partial charge in [0.05, 0.1) is 12.9 Å². The molecule has 0 spiro atoms. The Morgan fingerprint density at radius 1 is 1.42 bits per heavy atom. The summed E-state index contributed by atoms with van der Waals surface area (Å²) in [5, 5.41) is 10.4. The number of phosphoric ester groups is 1. The molecule has 5 N–H and O–H groups in total. The first-order chi connectivity index (χ1) is 11.3. The number of nitrogens with two attached hydrogens (primary N) is 1. The molecule has 2 unspecified atom stereocenters. The number of nitrogens with zero attached hydrogens (tertiary/aromatic N) is 4. The zero-order valence-corrected chi connectivity index (χ0v) is 13.4. The van der Waals surface area contributed by atoms with E-state index in [0.717, 1.165) is 0 Å². The van der Waals surface area contributed by atoms with Gasteiger partial charge in [-0.2, -0.15) is 0 Å². The van der Waals surface area contributed by atoms with E-state index in [9.17, 15) is 9.67 Å². The molecule has 0 amide bonds. The number of aromatic nitrogens is 4. The van der Waals surface area contributed by atoms with Gasteiger partial charge in [-0.15, -0.1) is 0 Å². The van der Waals surface area contributed by atoms with Gasteiger partial charge in [0.15, 0.2) is 17.7 Å². The molecule has 1 saturated heterocycles. The second-order valence-electron chi connectivity index (χ2n) is 5.13. The zero-order valence-electron chi connectivity index (χ0n) is 12.5. The van der Waals surface area contributed by atoms with Crippen molar-refractivity contribution in [1.29, 1.82) is 0 Å². The molecule has 0 bridgehead atoms. The highest BCUT2D eigenvalue weighted by molar-refractivity contribution is 7.46. The van der Waals surface area contributed by atoms with E-state index in [2.05, 4.69) is 19.5 Å². The fraction of sp³-hybridized carbons (Fsp3) is 0.545. The molecule has 2 aromatic rings. The molecule has 0 aromatic carbocycles. The molecule has 3 rings (SSSR count). The van der Waals surface area contributed by atoms with E-state index in [-0.39, 0.29) is 5.82 Å². The monoisotopic (exact) mass is 361 g/mol. The molecule has 0 saturated carbocycles. The van der Waals surface area contributed by atoms with Gasteiger partial charge in [0, 0.05) is 7.11 Å². The van der Waals surface area contributed by atoms with Crippen LogP contribution in [0, 0.1) is 0 Å². The first-order valence-corrected chi connectivity index (χ1v) is 8.34. The SMILES string of the molecule is COC1C(O)[C@H](n2cnc3c(N)ncnc32)O[C@@H]1COP(=O)(O)O. The fourth-order valence-corrected chi connectivity index (χ4v) is 2.94. The summed E-state index contributed by atoms with van der Waals surface area (Å²) in [6, 6.07) is 0. The molecule has 1 aliphatic heterocycles. The quantitative estimate of drug-likeness (QED) is 0.470. The molecule has 0 aliphatic carbocycles. The summed E-state index contributed by atoms with van der Waals surface area (Å²) in [6.45, 7) is -0.458. The Morgan fingerprint density at radius 3 is 2.83 bits per heavy atom. The van der Waals surface area contributed by atoms with Crippen LogP contribution in [0.2, 0.25) is 0 Å². The Kier molecular flexibility index (Phi) is 4.53. The van der Waals surface area contributed by atoms with Gasteiger partial charge in [-0.1, -0.05) is 0 Å². The van der Waals surface area contributed by atoms with E-state index in [0.29, 0.717) is 11.2 Å². The molecule has 1 fully saturated rings. The molecule has 0 radical (unpaired) electrons. The van der Waals surface area contributed by atoms with Gasteiger partial charge in [0.1, 0.15) is 30.2 Å². The van der Waals surface area contributed by atoms with Crippen molar-refractivity contribution < 1.29 is 33.5 Å². The van der Waals surface area contributed by atoms with Crippen LogP contribution < -0.4 is 5.73 Å². The molecule has 4 atom stereocenters. The molecule has 3 heterocycles. The van der Waals surface area contributed by atoms with Crippen LogP contribution in [0.1, 0.15) is 6.23 Å². The Hall–Kier alpha value is -1.66. The number of hydrogen-bond acceptors (Lipinski definition) is 9. The van der Waals surface area contributed by atoms with Crippen molar-refractivity contribution in [1.82, 2.24) is 19.5 Å². The van der Waals surface area contributed by atoms with Crippen LogP contribution in [0.5, 0.6) is 0 Å². The second kappa shape index (κ2) is 6.33. The van der Waals surface area contributed by atoms with Crippen molar-refractivity contribution >= 4 is 24.8 Å². The highest BCUT2D eigenvalue weighted by Crippen LogP contribution is 2.39. The number of ether oxygens (including phenoxy) is 2. The summed E-state index contributed by atoms with van der Waals surface area (Å²) >= 11 is 0. The fourth-order valence-electron chi connectivity index (χ4n) is 2.60. The van der Waals surface area contributed by atoms with E-state index in [1.807, 2.05) is 0 Å². The number of aliphatic hydroxyl groups excluding tert-OH is 1. The third-order valence-electron chi connectivity index (χ3n) is 3.65. The Labute approximate surface area is 135 Å². The van der Waals surface area contributed by atoms with Gasteiger partial charge >= 0.3 is 7.82 Å². The van der Waals surface area contributed by atoms with Crippen molar-refractivity contribution in [2.24, 2.45) is 0 Å². The topological polar surface area (TPSA) is 175 Å². The third kappa shape index (κ3) is 3.13. The van der Waals surface area contributed by atoms with E-state index in [4.69, 9.17) is 25.0 Å². The average molecular weight is 361 g/mol. The number of fused-ring (bicyclic) bond motifs is 1. The van der Waals surface area contributed by atoms with Crippen LogP contribution in [-0.4, -0.2) is 66.4 Å². The molecule has 132 valence electrons. The number of phosphoric acid groups is 1. The van der Waals surface area contributed by atoms with Gasteiger partial charge < -0.3 is 30.1 Å². The highest BCUT2D eigenvalue weighted by Gasteiger charge is 2.46. The minimum atomic E-state index is -4.67. The lowest BCUT2D eigenvalue weighted by Crippen LogP contribution is -2.35. The second-order valence-corrected chi connectivity index (χ2v) is 6.36. The minimum Gasteiger partial charge on any atom is -0.386 e. The standard InChI is InChI=1S/C11H16N5O7P/c1-21-8-5(2-22-24(18,19)20)23-11(7(8)17)16-4-15-6-9(12)13-3-14-10(6)16/h3-5,7-8,11,17H,2H2,1H3,(H2,12,13,14)(H2,18,19,20)/t5-,7?,8?,11-/m1/s1. The average Bonchev–Trinajstić information content (AvgIpc) is 3.06. The first-order valence-electron chi connectivity index (χ1n) is 6.81. The number of methoxy groups -OCH3 is 1. The molecular formula is C11H16N5O7P. The molecule has 13 heteroatoms. The Morgan fingerprint density at radius 2 is 2.17 bits per heavy atom. The highest BCUT2D eigenvalue weighted by atomic mass is 31.2. The number of rotatable bonds is 5. The van der Waals surface area contributed by atoms with Gasteiger partial charge in [-0.05, 0) is 0 Å². The Bertz CT molecular complexity index is 779. The third-order valence-corrected chi connectivity index (χ3v) is 4.14. The maximum atomic E-state index is 10.9. The summed E-state index contributed by atoms with van der Waals surface area (Å²) in [7, 11) is -3.33. The number of nitrogen functional groups attached to an aromatic ring is 1. The van der Waals surface area contributed by atoms with E-state index >= 15 is 0 Å². The van der Waals surface area contributed by atoms with E-state index < -0.39 is 39.0 Å². The lowest BCUT2D eigenvalue weighted by atomic mass is 10.1. The van der Waals surface area contributed by atoms with Gasteiger partial charge in [-0.3, -0.25) is 9.09 Å². The molecule has 24 heavy (non-hydrogen) atoms. The van der Waals surface area contributed by atoms with Gasteiger partial charge in [-0.25, -0.2) is 19.5 Å². The number of anilines is 1. The van der Waals surface area contributed by atoms with Crippen molar-refractivity contribution in [3.05, 3.63) is 12.7 Å². The van der Waals surface area contributed by atoms with Crippen molar-refractivity contribution in [3.8, 4) is 0 Å². The maximum absolute atomic E-state index is 10.9. The molecule has 2 aromatic heterocycles. The van der Waals surface area contributed by atoms with Crippen LogP contribution in [0.4, 0.5) is 5.82 Å². The van der Waals surface area contributed by atoms with Crippen LogP contribution in [0.3, 0.4) is 0 Å². The summed E-state index contributed by atoms with van der Waals surface area (Å²) in [4.78, 5) is 29.6. The normalized spacial score (nSPS) is 27.8. The number of hydrogen-bond donors (Lipinski definition) is 4. The van der Waals surface area contributed by atoms with Crippen LogP contribution in [0.15, 0.2) is 12.7 Å². The molecular weight excluding hydrogens is 345 g/mol. The van der Waals surface area contributed by atoms with E-state index in [1.54, 1.807) is 0 Å². The summed E-state index contributed by atoms with van der Waals surface area (Å²) in [6.07, 6.45) is -1.23. The predicted octanol–water partition coefficient (Wildman–Crippen LogP) is -1.21. The summed E-state index contributed by atoms with van der Waals surface area (Å²) in [5.41, 5.74) is 6.41. The maximum Gasteiger partial charge on any atom is 0.469 e. The molecule has 12 nitrogen and oxygen atoms in total. The predicted molar refractivity (Wildman–Crippen MR) is 78.4 cm³/mol. The lowest BCUT2D eigenvalue weighted by molar-refractivity contribution is -0.0527. The number of imidazole rings is 1. The first kappa shape index (κ1) is 17.2. The van der Waals surface area contributed by atoms with Crippen molar-refractivity contribution in [2.45, 2.75) is 24.5 Å². The largest absolute Gasteiger partial charge is 0.469 e. The van der Waals surface area contributed by atoms with Crippen molar-refractivity contribution in [2.75, 3.05) is 19.5 Å². The lowest BCUT2D eigenvalue weighted by Gasteiger charge is -2.18. The number of aliphatic hydroxyl groups is 1. The Balaban J connectivity index is 1.88. The minimum absolute atomic E-state index is 0.177. The van der Waals surface area contributed by atoms with Gasteiger partial charge in [0.2, 0.25) is 0 Å².